The highest BCUT2D eigenvalue weighted by Crippen LogP contribution is 2.11. The summed E-state index contributed by atoms with van der Waals surface area (Å²) in [5.41, 5.74) is 1.88. The van der Waals surface area contributed by atoms with E-state index in [-0.39, 0.29) is 18.8 Å². The molecular formula is C10H10ClN2O2-. The van der Waals surface area contributed by atoms with E-state index in [4.69, 9.17) is 5.11 Å². The first-order chi connectivity index (χ1) is 6.77. The van der Waals surface area contributed by atoms with Crippen LogP contribution in [0.5, 0.6) is 0 Å². The number of carbonyl (C=O) groups is 1. The number of aryl methyl sites for hydroxylation is 1. The Kier molecular flexibility index (Phi) is 3.68. The van der Waals surface area contributed by atoms with Crippen LogP contribution in [0.1, 0.15) is 6.42 Å². The van der Waals surface area contributed by atoms with Crippen molar-refractivity contribution >= 4 is 17.0 Å². The van der Waals surface area contributed by atoms with Crippen molar-refractivity contribution in [2.45, 2.75) is 13.0 Å². The van der Waals surface area contributed by atoms with E-state index in [0.29, 0.717) is 6.54 Å². The van der Waals surface area contributed by atoms with E-state index < -0.39 is 5.97 Å². The molecule has 0 saturated heterocycles. The predicted octanol–water partition coefficient (Wildman–Crippen LogP) is -1.48. The number of aromatic nitrogens is 2. The maximum absolute atomic E-state index is 10.4. The number of para-hydroxylation sites is 2. The lowest BCUT2D eigenvalue weighted by atomic mass is 10.3. The van der Waals surface area contributed by atoms with Gasteiger partial charge in [-0.15, -0.1) is 0 Å². The minimum Gasteiger partial charge on any atom is -1.00 e. The number of carboxylic acid groups (broad SMARTS) is 1. The predicted molar refractivity (Wildman–Crippen MR) is 52.0 cm³/mol. The second kappa shape index (κ2) is 4.79. The number of aliphatic carboxylic acids is 1. The average Bonchev–Trinajstić information content (AvgIpc) is 2.58. The smallest absolute Gasteiger partial charge is 0.305 e. The third-order valence-corrected chi connectivity index (χ3v) is 2.09. The standard InChI is InChI=1S/C10H10N2O2.ClH/c13-10(14)5-6-12-7-11-8-3-1-2-4-9(8)12;/h1-4,7H,5-6H2,(H,13,14);1H/p-1. The Morgan fingerprint density at radius 2 is 2.13 bits per heavy atom. The fraction of sp³-hybridized carbons (Fsp3) is 0.200. The largest absolute Gasteiger partial charge is 1.00 e. The van der Waals surface area contributed by atoms with Gasteiger partial charge in [-0.2, -0.15) is 0 Å². The van der Waals surface area contributed by atoms with Gasteiger partial charge in [-0.3, -0.25) is 4.79 Å². The van der Waals surface area contributed by atoms with Crippen molar-refractivity contribution in [2.24, 2.45) is 0 Å². The number of nitrogens with zero attached hydrogens (tertiary/aromatic N) is 2. The van der Waals surface area contributed by atoms with Crippen LogP contribution in [-0.4, -0.2) is 20.6 Å². The molecule has 1 aromatic heterocycles. The Hall–Kier alpha value is -1.55. The molecule has 4 nitrogen and oxygen atoms in total. The number of halogens is 1. The van der Waals surface area contributed by atoms with Crippen molar-refractivity contribution in [1.29, 1.82) is 0 Å². The van der Waals surface area contributed by atoms with E-state index in [1.807, 2.05) is 28.8 Å². The fourth-order valence-corrected chi connectivity index (χ4v) is 1.40. The summed E-state index contributed by atoms with van der Waals surface area (Å²) >= 11 is 0. The van der Waals surface area contributed by atoms with Gasteiger partial charge in [0.2, 0.25) is 0 Å². The van der Waals surface area contributed by atoms with Gasteiger partial charge < -0.3 is 22.1 Å². The van der Waals surface area contributed by atoms with Crippen LogP contribution in [0.2, 0.25) is 0 Å². The number of fused-ring (bicyclic) bond motifs is 1. The molecule has 0 amide bonds. The second-order valence-corrected chi connectivity index (χ2v) is 3.07. The zero-order valence-electron chi connectivity index (χ0n) is 7.93. The topological polar surface area (TPSA) is 55.1 Å². The van der Waals surface area contributed by atoms with Crippen LogP contribution < -0.4 is 12.4 Å². The van der Waals surface area contributed by atoms with Crippen molar-refractivity contribution in [3.63, 3.8) is 0 Å². The molecule has 1 heterocycles. The van der Waals surface area contributed by atoms with Gasteiger partial charge in [-0.05, 0) is 12.1 Å². The van der Waals surface area contributed by atoms with Gasteiger partial charge in [-0.1, -0.05) is 12.1 Å². The molecule has 0 bridgehead atoms. The Labute approximate surface area is 93.0 Å². The highest BCUT2D eigenvalue weighted by molar-refractivity contribution is 5.75. The molecule has 0 aliphatic rings. The van der Waals surface area contributed by atoms with Gasteiger partial charge in [0.05, 0.1) is 23.8 Å². The number of rotatable bonds is 3. The van der Waals surface area contributed by atoms with E-state index in [2.05, 4.69) is 4.98 Å². The molecule has 2 rings (SSSR count). The lowest BCUT2D eigenvalue weighted by Crippen LogP contribution is -3.00. The first-order valence-corrected chi connectivity index (χ1v) is 4.39. The Balaban J connectivity index is 0.00000112. The minimum absolute atomic E-state index is 0. The summed E-state index contributed by atoms with van der Waals surface area (Å²) in [6.07, 6.45) is 1.80. The maximum atomic E-state index is 10.4. The van der Waals surface area contributed by atoms with Crippen LogP contribution in [0, 0.1) is 0 Å². The van der Waals surface area contributed by atoms with Gasteiger partial charge >= 0.3 is 5.97 Å². The van der Waals surface area contributed by atoms with Gasteiger partial charge in [0.25, 0.3) is 0 Å². The van der Waals surface area contributed by atoms with E-state index in [9.17, 15) is 4.79 Å². The molecule has 1 N–H and O–H groups in total. The molecule has 0 radical (unpaired) electrons. The van der Waals surface area contributed by atoms with Crippen molar-refractivity contribution in [3.05, 3.63) is 30.6 Å². The van der Waals surface area contributed by atoms with Crippen molar-refractivity contribution in [1.82, 2.24) is 9.55 Å². The lowest BCUT2D eigenvalue weighted by Gasteiger charge is -2.00. The molecule has 5 heteroatoms. The second-order valence-electron chi connectivity index (χ2n) is 3.07. The molecule has 0 atom stereocenters. The highest BCUT2D eigenvalue weighted by atomic mass is 35.5. The highest BCUT2D eigenvalue weighted by Gasteiger charge is 2.02. The SMILES string of the molecule is O=C(O)CCn1cnc2ccccc21.[Cl-]. The number of hydrogen-bond acceptors (Lipinski definition) is 2. The quantitative estimate of drug-likeness (QED) is 0.693. The normalized spacial score (nSPS) is 9.87. The first kappa shape index (κ1) is 11.5. The minimum atomic E-state index is -0.789. The zero-order valence-corrected chi connectivity index (χ0v) is 8.68. The van der Waals surface area contributed by atoms with Crippen molar-refractivity contribution < 1.29 is 22.3 Å². The lowest BCUT2D eigenvalue weighted by molar-refractivity contribution is -0.137. The van der Waals surface area contributed by atoms with Crippen LogP contribution >= 0.6 is 0 Å². The molecule has 1 aromatic carbocycles. The van der Waals surface area contributed by atoms with Crippen molar-refractivity contribution in [2.75, 3.05) is 0 Å². The van der Waals surface area contributed by atoms with Crippen molar-refractivity contribution in [3.8, 4) is 0 Å². The fourth-order valence-electron chi connectivity index (χ4n) is 1.40. The molecule has 15 heavy (non-hydrogen) atoms. The van der Waals surface area contributed by atoms with Crippen LogP contribution in [-0.2, 0) is 11.3 Å². The van der Waals surface area contributed by atoms with E-state index >= 15 is 0 Å². The summed E-state index contributed by atoms with van der Waals surface area (Å²) in [5.74, 6) is -0.789. The number of carboxylic acids is 1. The Morgan fingerprint density at radius 3 is 2.87 bits per heavy atom. The molecule has 0 saturated carbocycles. The summed E-state index contributed by atoms with van der Waals surface area (Å²) in [4.78, 5) is 14.6. The van der Waals surface area contributed by atoms with Crippen LogP contribution in [0.15, 0.2) is 30.6 Å². The Bertz CT molecular complexity index is 467. The maximum Gasteiger partial charge on any atom is 0.305 e. The summed E-state index contributed by atoms with van der Waals surface area (Å²) in [7, 11) is 0. The average molecular weight is 226 g/mol. The van der Waals surface area contributed by atoms with E-state index in [1.54, 1.807) is 6.33 Å². The molecule has 2 aromatic rings. The molecule has 0 aliphatic carbocycles. The summed E-state index contributed by atoms with van der Waals surface area (Å²) in [6.45, 7) is 0.468. The summed E-state index contributed by atoms with van der Waals surface area (Å²) in [5, 5.41) is 8.55. The number of imidazole rings is 1. The number of benzene rings is 1. The van der Waals surface area contributed by atoms with E-state index in [1.165, 1.54) is 0 Å². The van der Waals surface area contributed by atoms with Gasteiger partial charge in [-0.25, -0.2) is 4.98 Å². The first-order valence-electron chi connectivity index (χ1n) is 4.39. The summed E-state index contributed by atoms with van der Waals surface area (Å²) in [6, 6.07) is 7.68. The van der Waals surface area contributed by atoms with Crippen LogP contribution in [0.4, 0.5) is 0 Å². The van der Waals surface area contributed by atoms with Gasteiger partial charge in [0.15, 0.2) is 0 Å². The monoisotopic (exact) mass is 225 g/mol. The van der Waals surface area contributed by atoms with Gasteiger partial charge in [0.1, 0.15) is 0 Å². The molecule has 0 fully saturated rings. The van der Waals surface area contributed by atoms with Crippen LogP contribution in [0.25, 0.3) is 11.0 Å². The third-order valence-electron chi connectivity index (χ3n) is 2.09. The van der Waals surface area contributed by atoms with Crippen LogP contribution in [0.3, 0.4) is 0 Å². The molecule has 0 unspecified atom stereocenters. The summed E-state index contributed by atoms with van der Waals surface area (Å²) < 4.78 is 1.85. The third kappa shape index (κ3) is 2.47. The molecule has 0 aliphatic heterocycles. The van der Waals surface area contributed by atoms with E-state index in [0.717, 1.165) is 11.0 Å². The zero-order chi connectivity index (χ0) is 9.97. The molecule has 80 valence electrons. The van der Waals surface area contributed by atoms with Gasteiger partial charge in [0, 0.05) is 6.54 Å². The molecular weight excluding hydrogens is 216 g/mol. The number of hydrogen-bond donors (Lipinski definition) is 1. The molecule has 0 spiro atoms. The Morgan fingerprint density at radius 1 is 1.40 bits per heavy atom.